The molecule has 0 aliphatic heterocycles. The molecule has 0 saturated carbocycles. The smallest absolute Gasteiger partial charge is 0.251 e. The summed E-state index contributed by atoms with van der Waals surface area (Å²) >= 11 is 0. The van der Waals surface area contributed by atoms with E-state index in [0.717, 1.165) is 23.0 Å². The van der Waals surface area contributed by atoms with E-state index in [0.29, 0.717) is 36.0 Å². The number of nitrogens with one attached hydrogen (secondary N) is 1. The third-order valence-corrected chi connectivity index (χ3v) is 5.43. The number of hydrogen-bond donors (Lipinski definition) is 1. The molecule has 0 aliphatic rings. The van der Waals surface area contributed by atoms with Gasteiger partial charge in [-0.15, -0.1) is 6.58 Å². The van der Waals surface area contributed by atoms with Gasteiger partial charge in [-0.05, 0) is 60.5 Å². The van der Waals surface area contributed by atoms with Crippen LogP contribution < -0.4 is 14.8 Å². The highest BCUT2D eigenvalue weighted by molar-refractivity contribution is 5.94. The fourth-order valence-electron chi connectivity index (χ4n) is 3.74. The number of aromatic nitrogens is 2. The summed E-state index contributed by atoms with van der Waals surface area (Å²) in [7, 11) is 1.62. The van der Waals surface area contributed by atoms with Crippen LogP contribution in [-0.4, -0.2) is 29.2 Å². The molecule has 0 radical (unpaired) electrons. The zero-order chi connectivity index (χ0) is 23.9. The van der Waals surface area contributed by atoms with Crippen molar-refractivity contribution < 1.29 is 18.7 Å². The Morgan fingerprint density at radius 3 is 2.68 bits per heavy atom. The predicted octanol–water partition coefficient (Wildman–Crippen LogP) is 4.92. The lowest BCUT2D eigenvalue weighted by Gasteiger charge is -2.14. The summed E-state index contributed by atoms with van der Waals surface area (Å²) in [6.45, 7) is 4.91. The van der Waals surface area contributed by atoms with Crippen molar-refractivity contribution in [2.75, 3.05) is 13.7 Å². The molecule has 1 heterocycles. The highest BCUT2D eigenvalue weighted by Gasteiger charge is 2.13. The van der Waals surface area contributed by atoms with Gasteiger partial charge in [0.05, 0.1) is 31.2 Å². The van der Waals surface area contributed by atoms with Gasteiger partial charge in [-0.3, -0.25) is 4.79 Å². The lowest BCUT2D eigenvalue weighted by molar-refractivity contribution is 0.0949. The molecule has 4 rings (SSSR count). The maximum Gasteiger partial charge on any atom is 0.251 e. The van der Waals surface area contributed by atoms with Crippen molar-refractivity contribution in [1.29, 1.82) is 0 Å². The Morgan fingerprint density at radius 2 is 1.91 bits per heavy atom. The summed E-state index contributed by atoms with van der Waals surface area (Å²) in [4.78, 5) is 17.2. The molecule has 7 heteroatoms. The fraction of sp³-hybridized carbons (Fsp3) is 0.185. The summed E-state index contributed by atoms with van der Waals surface area (Å²) < 4.78 is 26.7. The Labute approximate surface area is 197 Å². The zero-order valence-electron chi connectivity index (χ0n) is 19.0. The van der Waals surface area contributed by atoms with Crippen molar-refractivity contribution in [3.05, 3.63) is 102 Å². The number of amides is 1. The van der Waals surface area contributed by atoms with Crippen LogP contribution in [0.4, 0.5) is 4.39 Å². The summed E-state index contributed by atoms with van der Waals surface area (Å²) in [5, 5.41) is 2.87. The number of benzene rings is 3. The number of para-hydroxylation sites is 2. The molecular weight excluding hydrogens is 433 g/mol. The van der Waals surface area contributed by atoms with Crippen LogP contribution in [0.25, 0.3) is 11.0 Å². The van der Waals surface area contributed by atoms with E-state index in [1.807, 2.05) is 53.1 Å². The van der Waals surface area contributed by atoms with Crippen molar-refractivity contribution in [2.24, 2.45) is 0 Å². The number of carbonyl (C=O) groups is 1. The Hall–Kier alpha value is -4.13. The summed E-state index contributed by atoms with van der Waals surface area (Å²) in [5.41, 5.74) is 3.27. The van der Waals surface area contributed by atoms with Crippen molar-refractivity contribution in [2.45, 2.75) is 19.5 Å². The van der Waals surface area contributed by atoms with Crippen molar-refractivity contribution in [3.63, 3.8) is 0 Å². The van der Waals surface area contributed by atoms with Gasteiger partial charge in [0.2, 0.25) is 0 Å². The number of carbonyl (C=O) groups excluding carboxylic acids is 1. The molecular formula is C27H26FN3O3. The number of fused-ring (bicyclic) bond motifs is 1. The van der Waals surface area contributed by atoms with Gasteiger partial charge >= 0.3 is 0 Å². The number of ether oxygens (including phenoxy) is 2. The topological polar surface area (TPSA) is 65.4 Å². The Kier molecular flexibility index (Phi) is 7.22. The molecule has 0 fully saturated rings. The number of hydrogen-bond acceptors (Lipinski definition) is 4. The highest BCUT2D eigenvalue weighted by Crippen LogP contribution is 2.28. The second kappa shape index (κ2) is 10.7. The first-order chi connectivity index (χ1) is 16.6. The molecule has 3 aromatic carbocycles. The summed E-state index contributed by atoms with van der Waals surface area (Å²) in [6.07, 6.45) is 2.60. The van der Waals surface area contributed by atoms with Gasteiger partial charge in [0.25, 0.3) is 5.91 Å². The zero-order valence-corrected chi connectivity index (χ0v) is 19.0. The van der Waals surface area contributed by atoms with Crippen LogP contribution in [0.1, 0.15) is 21.7 Å². The van der Waals surface area contributed by atoms with Gasteiger partial charge in [-0.2, -0.15) is 0 Å². The molecule has 0 bridgehead atoms. The first-order valence-corrected chi connectivity index (χ1v) is 11.0. The fourth-order valence-corrected chi connectivity index (χ4v) is 3.74. The highest BCUT2D eigenvalue weighted by atomic mass is 19.1. The number of methoxy groups -OCH3 is 1. The van der Waals surface area contributed by atoms with E-state index in [4.69, 9.17) is 9.47 Å². The monoisotopic (exact) mass is 459 g/mol. The van der Waals surface area contributed by atoms with E-state index >= 15 is 0 Å². The molecule has 0 atom stereocenters. The van der Waals surface area contributed by atoms with Crippen LogP contribution in [-0.2, 0) is 19.5 Å². The van der Waals surface area contributed by atoms with Gasteiger partial charge in [0.15, 0.2) is 11.5 Å². The standard InChI is InChI=1S/C27H26FN3O3/c1-3-6-19-9-14-24(25(17-19)33-2)34-16-15-31-23-8-5-4-7-22(23)30-26(31)18-29-27(32)20-10-12-21(28)13-11-20/h3-5,7-14,17H,1,6,15-16,18H2,2H3,(H,29,32). The number of nitrogens with zero attached hydrogens (tertiary/aromatic N) is 2. The second-order valence-electron chi connectivity index (χ2n) is 7.68. The number of rotatable bonds is 10. The van der Waals surface area contributed by atoms with E-state index in [2.05, 4.69) is 16.9 Å². The molecule has 34 heavy (non-hydrogen) atoms. The van der Waals surface area contributed by atoms with Gasteiger partial charge in [-0.25, -0.2) is 9.37 Å². The molecule has 1 amide bonds. The van der Waals surface area contributed by atoms with E-state index in [1.54, 1.807) is 7.11 Å². The first kappa shape index (κ1) is 23.0. The van der Waals surface area contributed by atoms with E-state index in [-0.39, 0.29) is 18.3 Å². The van der Waals surface area contributed by atoms with Crippen molar-refractivity contribution >= 4 is 16.9 Å². The molecule has 6 nitrogen and oxygen atoms in total. The van der Waals surface area contributed by atoms with Gasteiger partial charge in [-0.1, -0.05) is 24.3 Å². The normalized spacial score (nSPS) is 10.8. The maximum atomic E-state index is 13.1. The Morgan fingerprint density at radius 1 is 1.12 bits per heavy atom. The van der Waals surface area contributed by atoms with Crippen LogP contribution >= 0.6 is 0 Å². The molecule has 4 aromatic rings. The summed E-state index contributed by atoms with van der Waals surface area (Å²) in [5.74, 6) is 1.35. The van der Waals surface area contributed by atoms with Gasteiger partial charge in [0.1, 0.15) is 18.2 Å². The average molecular weight is 460 g/mol. The molecule has 0 spiro atoms. The lowest BCUT2D eigenvalue weighted by Crippen LogP contribution is -2.25. The molecule has 0 unspecified atom stereocenters. The van der Waals surface area contributed by atoms with E-state index in [9.17, 15) is 9.18 Å². The molecule has 1 N–H and O–H groups in total. The summed E-state index contributed by atoms with van der Waals surface area (Å²) in [6, 6.07) is 19.0. The van der Waals surface area contributed by atoms with Crippen LogP contribution in [0.3, 0.4) is 0 Å². The van der Waals surface area contributed by atoms with Gasteiger partial charge < -0.3 is 19.4 Å². The van der Waals surface area contributed by atoms with Crippen LogP contribution in [0.2, 0.25) is 0 Å². The Balaban J connectivity index is 1.47. The van der Waals surface area contributed by atoms with E-state index < -0.39 is 0 Å². The minimum Gasteiger partial charge on any atom is -0.493 e. The molecule has 1 aromatic heterocycles. The van der Waals surface area contributed by atoms with Crippen molar-refractivity contribution in [1.82, 2.24) is 14.9 Å². The Bertz CT molecular complexity index is 1300. The van der Waals surface area contributed by atoms with Gasteiger partial charge in [0, 0.05) is 5.56 Å². The van der Waals surface area contributed by atoms with Crippen LogP contribution in [0.15, 0.2) is 79.4 Å². The number of allylic oxidation sites excluding steroid dienone is 1. The van der Waals surface area contributed by atoms with Crippen LogP contribution in [0, 0.1) is 5.82 Å². The SMILES string of the molecule is C=CCc1ccc(OCCn2c(CNC(=O)c3ccc(F)cc3)nc3ccccc32)c(OC)c1. The number of imidazole rings is 1. The third-order valence-electron chi connectivity index (χ3n) is 5.43. The minimum atomic E-state index is -0.384. The maximum absolute atomic E-state index is 13.1. The molecule has 174 valence electrons. The predicted molar refractivity (Wildman–Crippen MR) is 130 cm³/mol. The van der Waals surface area contributed by atoms with E-state index in [1.165, 1.54) is 24.3 Å². The second-order valence-corrected chi connectivity index (χ2v) is 7.68. The molecule has 0 aliphatic carbocycles. The lowest BCUT2D eigenvalue weighted by atomic mass is 10.1. The average Bonchev–Trinajstić information content (AvgIpc) is 3.21. The first-order valence-electron chi connectivity index (χ1n) is 11.0. The van der Waals surface area contributed by atoms with Crippen LogP contribution in [0.5, 0.6) is 11.5 Å². The number of halogens is 1. The third kappa shape index (κ3) is 5.26. The largest absolute Gasteiger partial charge is 0.493 e. The molecule has 0 saturated heterocycles. The van der Waals surface area contributed by atoms with Crippen molar-refractivity contribution in [3.8, 4) is 11.5 Å². The minimum absolute atomic E-state index is 0.227. The quantitative estimate of drug-likeness (QED) is 0.342.